The number of aliphatic hydroxyl groups is 1. The van der Waals surface area contributed by atoms with E-state index >= 15 is 0 Å². The first-order valence-corrected chi connectivity index (χ1v) is 5.87. The van der Waals surface area contributed by atoms with E-state index in [9.17, 15) is 14.4 Å². The maximum Gasteiger partial charge on any atom is 0.354 e. The van der Waals surface area contributed by atoms with Crippen molar-refractivity contribution < 1.29 is 29.0 Å². The molecule has 104 valence electrons. The van der Waals surface area contributed by atoms with E-state index in [-0.39, 0.29) is 6.42 Å². The Morgan fingerprint density at radius 1 is 1.06 bits per heavy atom. The van der Waals surface area contributed by atoms with Gasteiger partial charge in [-0.2, -0.15) is 0 Å². The van der Waals surface area contributed by atoms with Gasteiger partial charge in [0, 0.05) is 6.42 Å². The standard InChI is InChI=1S/C12H20O6/c1-7(2)5-6-10(14)18-12(16)9(4)17-11(15)8(3)13/h7-9,13H,5-6H2,1-4H3. The number of esters is 3. The Morgan fingerprint density at radius 3 is 2.06 bits per heavy atom. The maximum atomic E-state index is 11.4. The Morgan fingerprint density at radius 2 is 1.61 bits per heavy atom. The van der Waals surface area contributed by atoms with E-state index in [4.69, 9.17) is 5.11 Å². The third-order valence-corrected chi connectivity index (χ3v) is 2.11. The van der Waals surface area contributed by atoms with Crippen molar-refractivity contribution in [3.63, 3.8) is 0 Å². The van der Waals surface area contributed by atoms with Gasteiger partial charge >= 0.3 is 17.9 Å². The minimum absolute atomic E-state index is 0.139. The Hall–Kier alpha value is -1.43. The molecule has 0 aliphatic rings. The summed E-state index contributed by atoms with van der Waals surface area (Å²) < 4.78 is 9.09. The van der Waals surface area contributed by atoms with Crippen molar-refractivity contribution in [2.24, 2.45) is 5.92 Å². The van der Waals surface area contributed by atoms with Crippen molar-refractivity contribution in [3.05, 3.63) is 0 Å². The SMILES string of the molecule is CC(C)CCC(=O)OC(=O)C(C)OC(=O)C(C)O. The molecule has 6 nitrogen and oxygen atoms in total. The van der Waals surface area contributed by atoms with Crippen LogP contribution in [0, 0.1) is 5.92 Å². The average molecular weight is 260 g/mol. The first-order chi connectivity index (χ1) is 8.23. The first kappa shape index (κ1) is 16.6. The molecule has 0 rings (SSSR count). The zero-order chi connectivity index (χ0) is 14.3. The van der Waals surface area contributed by atoms with E-state index in [1.165, 1.54) is 13.8 Å². The van der Waals surface area contributed by atoms with Crippen LogP contribution in [0.3, 0.4) is 0 Å². The first-order valence-electron chi connectivity index (χ1n) is 5.87. The number of rotatable bonds is 6. The molecule has 6 heteroatoms. The molecule has 0 spiro atoms. The van der Waals surface area contributed by atoms with Crippen molar-refractivity contribution in [2.75, 3.05) is 0 Å². The van der Waals surface area contributed by atoms with Crippen LogP contribution in [0.2, 0.25) is 0 Å². The van der Waals surface area contributed by atoms with Crippen LogP contribution in [0.1, 0.15) is 40.5 Å². The monoisotopic (exact) mass is 260 g/mol. The fourth-order valence-electron chi connectivity index (χ4n) is 0.974. The van der Waals surface area contributed by atoms with Crippen LogP contribution in [-0.4, -0.2) is 35.2 Å². The Labute approximate surface area is 106 Å². The number of hydrogen-bond acceptors (Lipinski definition) is 6. The molecule has 0 saturated carbocycles. The lowest BCUT2D eigenvalue weighted by Crippen LogP contribution is -2.31. The molecule has 2 unspecified atom stereocenters. The second-order valence-electron chi connectivity index (χ2n) is 4.48. The molecule has 0 amide bonds. The maximum absolute atomic E-state index is 11.4. The van der Waals surface area contributed by atoms with Crippen LogP contribution in [0.4, 0.5) is 0 Å². The van der Waals surface area contributed by atoms with Crippen molar-refractivity contribution in [1.29, 1.82) is 0 Å². The van der Waals surface area contributed by atoms with Crippen LogP contribution in [0.15, 0.2) is 0 Å². The second kappa shape index (κ2) is 7.81. The van der Waals surface area contributed by atoms with E-state index in [0.717, 1.165) is 0 Å². The number of ether oxygens (including phenoxy) is 2. The van der Waals surface area contributed by atoms with E-state index in [1.807, 2.05) is 13.8 Å². The predicted molar refractivity (Wildman–Crippen MR) is 62.4 cm³/mol. The molecule has 0 aliphatic heterocycles. The topological polar surface area (TPSA) is 89.9 Å². The van der Waals surface area contributed by atoms with E-state index in [2.05, 4.69) is 9.47 Å². The lowest BCUT2D eigenvalue weighted by atomic mass is 10.1. The predicted octanol–water partition coefficient (Wildman–Crippen LogP) is 0.805. The molecule has 2 atom stereocenters. The molecule has 0 bridgehead atoms. The smallest absolute Gasteiger partial charge is 0.354 e. The lowest BCUT2D eigenvalue weighted by molar-refractivity contribution is -0.176. The molecule has 0 saturated heterocycles. The summed E-state index contributed by atoms with van der Waals surface area (Å²) in [5.41, 5.74) is 0. The van der Waals surface area contributed by atoms with Crippen molar-refractivity contribution >= 4 is 17.9 Å². The molecule has 0 aliphatic carbocycles. The van der Waals surface area contributed by atoms with E-state index in [0.29, 0.717) is 12.3 Å². The van der Waals surface area contributed by atoms with Crippen molar-refractivity contribution in [3.8, 4) is 0 Å². The van der Waals surface area contributed by atoms with Gasteiger partial charge in [0.25, 0.3) is 0 Å². The normalized spacial score (nSPS) is 13.9. The summed E-state index contributed by atoms with van der Waals surface area (Å²) in [5.74, 6) is -2.18. The zero-order valence-electron chi connectivity index (χ0n) is 11.1. The number of aliphatic hydroxyl groups excluding tert-OH is 1. The fourth-order valence-corrected chi connectivity index (χ4v) is 0.974. The Balaban J connectivity index is 4.08. The highest BCUT2D eigenvalue weighted by Gasteiger charge is 2.23. The number of carbonyl (C=O) groups excluding carboxylic acids is 3. The van der Waals surface area contributed by atoms with Gasteiger partial charge in [-0.3, -0.25) is 4.79 Å². The summed E-state index contributed by atoms with van der Waals surface area (Å²) in [4.78, 5) is 33.6. The molecule has 0 aromatic carbocycles. The molecule has 0 aromatic rings. The Bertz CT molecular complexity index is 308. The van der Waals surface area contributed by atoms with Crippen LogP contribution >= 0.6 is 0 Å². The molecule has 1 N–H and O–H groups in total. The van der Waals surface area contributed by atoms with Gasteiger partial charge in [0.2, 0.25) is 0 Å². The van der Waals surface area contributed by atoms with Crippen LogP contribution < -0.4 is 0 Å². The van der Waals surface area contributed by atoms with Gasteiger partial charge in [-0.05, 0) is 26.2 Å². The number of hydrogen-bond donors (Lipinski definition) is 1. The van der Waals surface area contributed by atoms with Crippen molar-refractivity contribution in [1.82, 2.24) is 0 Å². The molecular weight excluding hydrogens is 240 g/mol. The minimum Gasteiger partial charge on any atom is -0.449 e. The molecular formula is C12H20O6. The summed E-state index contributed by atoms with van der Waals surface area (Å²) in [6, 6.07) is 0. The summed E-state index contributed by atoms with van der Waals surface area (Å²) in [6.07, 6.45) is -1.78. The van der Waals surface area contributed by atoms with Gasteiger partial charge in [-0.1, -0.05) is 13.8 Å². The summed E-state index contributed by atoms with van der Waals surface area (Å²) in [7, 11) is 0. The molecule has 0 fully saturated rings. The molecule has 0 aromatic heterocycles. The average Bonchev–Trinajstić information content (AvgIpc) is 2.25. The van der Waals surface area contributed by atoms with Crippen LogP contribution in [0.5, 0.6) is 0 Å². The third kappa shape index (κ3) is 7.01. The highest BCUT2D eigenvalue weighted by atomic mass is 16.6. The lowest BCUT2D eigenvalue weighted by Gasteiger charge is -2.13. The van der Waals surface area contributed by atoms with Gasteiger partial charge in [0.05, 0.1) is 0 Å². The minimum atomic E-state index is -1.32. The van der Waals surface area contributed by atoms with Gasteiger partial charge in [0.1, 0.15) is 6.10 Å². The molecule has 0 heterocycles. The molecule has 18 heavy (non-hydrogen) atoms. The summed E-state index contributed by atoms with van der Waals surface area (Å²) in [5, 5.41) is 8.89. The van der Waals surface area contributed by atoms with Gasteiger partial charge in [-0.15, -0.1) is 0 Å². The highest BCUT2D eigenvalue weighted by molar-refractivity contribution is 5.89. The summed E-state index contributed by atoms with van der Waals surface area (Å²) in [6.45, 7) is 6.39. The van der Waals surface area contributed by atoms with Gasteiger partial charge in [0.15, 0.2) is 6.10 Å². The fraction of sp³-hybridized carbons (Fsp3) is 0.750. The second-order valence-corrected chi connectivity index (χ2v) is 4.48. The van der Waals surface area contributed by atoms with Crippen molar-refractivity contribution in [2.45, 2.75) is 52.7 Å². The third-order valence-electron chi connectivity index (χ3n) is 2.11. The van der Waals surface area contributed by atoms with E-state index < -0.39 is 30.1 Å². The van der Waals surface area contributed by atoms with Crippen LogP contribution in [-0.2, 0) is 23.9 Å². The van der Waals surface area contributed by atoms with Gasteiger partial charge in [-0.25, -0.2) is 9.59 Å². The quantitative estimate of drug-likeness (QED) is 0.561. The largest absolute Gasteiger partial charge is 0.449 e. The van der Waals surface area contributed by atoms with Gasteiger partial charge < -0.3 is 14.6 Å². The highest BCUT2D eigenvalue weighted by Crippen LogP contribution is 2.06. The summed E-state index contributed by atoms with van der Waals surface area (Å²) >= 11 is 0. The zero-order valence-corrected chi connectivity index (χ0v) is 11.1. The number of carbonyl (C=O) groups is 3. The van der Waals surface area contributed by atoms with E-state index in [1.54, 1.807) is 0 Å². The molecule has 0 radical (unpaired) electrons. The Kier molecular flexibility index (Phi) is 7.19. The van der Waals surface area contributed by atoms with Crippen LogP contribution in [0.25, 0.3) is 0 Å².